The van der Waals surface area contributed by atoms with E-state index in [2.05, 4.69) is 4.74 Å². The molecule has 0 radical (unpaired) electrons. The van der Waals surface area contributed by atoms with E-state index >= 15 is 4.39 Å². The first-order valence-electron chi connectivity index (χ1n) is 12.5. The maximum Gasteiger partial charge on any atom is 0.387 e. The summed E-state index contributed by atoms with van der Waals surface area (Å²) in [7, 11) is 1.65. The van der Waals surface area contributed by atoms with Crippen LogP contribution in [0.1, 0.15) is 34.2 Å². The highest BCUT2D eigenvalue weighted by atomic mass is 19.3. The number of fused-ring (bicyclic) bond motifs is 1. The van der Waals surface area contributed by atoms with Crippen LogP contribution in [-0.2, 0) is 36.8 Å². The van der Waals surface area contributed by atoms with E-state index < -0.39 is 18.2 Å². The lowest BCUT2D eigenvalue weighted by molar-refractivity contribution is -0.0522. The van der Waals surface area contributed by atoms with Gasteiger partial charge in [-0.05, 0) is 89.9 Å². The average Bonchev–Trinajstić information content (AvgIpc) is 2.89. The molecule has 0 amide bonds. The van der Waals surface area contributed by atoms with Gasteiger partial charge in [-0.1, -0.05) is 48.5 Å². The van der Waals surface area contributed by atoms with Crippen molar-refractivity contribution in [2.45, 2.75) is 45.1 Å². The first-order chi connectivity index (χ1) is 18.3. The molecule has 7 heteroatoms. The number of benzene rings is 4. The molecule has 0 aliphatic heterocycles. The van der Waals surface area contributed by atoms with Crippen molar-refractivity contribution < 1.29 is 31.4 Å². The molecule has 38 heavy (non-hydrogen) atoms. The van der Waals surface area contributed by atoms with Gasteiger partial charge in [0.15, 0.2) is 11.6 Å². The monoisotopic (exact) mass is 528 g/mol. The number of methoxy groups -OCH3 is 1. The third-order valence-electron chi connectivity index (χ3n) is 6.61. The molecule has 0 heterocycles. The van der Waals surface area contributed by atoms with Crippen LogP contribution in [-0.4, -0.2) is 20.3 Å². The van der Waals surface area contributed by atoms with Gasteiger partial charge in [-0.2, -0.15) is 8.78 Å². The van der Waals surface area contributed by atoms with E-state index in [9.17, 15) is 17.6 Å². The number of ether oxygens (including phenoxy) is 2. The van der Waals surface area contributed by atoms with Gasteiger partial charge in [-0.15, -0.1) is 0 Å². The minimum Gasteiger partial charge on any atom is -0.432 e. The smallest absolute Gasteiger partial charge is 0.387 e. The van der Waals surface area contributed by atoms with Crippen molar-refractivity contribution in [2.75, 3.05) is 13.7 Å². The topological polar surface area (TPSA) is 18.5 Å². The summed E-state index contributed by atoms with van der Waals surface area (Å²) in [5.74, 6) is -1.96. The van der Waals surface area contributed by atoms with Crippen LogP contribution in [0.2, 0.25) is 0 Å². The Labute approximate surface area is 219 Å². The minimum absolute atomic E-state index is 0.215. The highest BCUT2D eigenvalue weighted by Crippen LogP contribution is 2.26. The molecule has 0 unspecified atom stereocenters. The van der Waals surface area contributed by atoms with Crippen molar-refractivity contribution in [3.05, 3.63) is 112 Å². The molecule has 0 aliphatic carbocycles. The van der Waals surface area contributed by atoms with Crippen LogP contribution in [0.25, 0.3) is 10.8 Å². The number of rotatable bonds is 12. The van der Waals surface area contributed by atoms with E-state index in [0.717, 1.165) is 41.5 Å². The van der Waals surface area contributed by atoms with Gasteiger partial charge in [0.1, 0.15) is 11.6 Å². The van der Waals surface area contributed by atoms with Crippen molar-refractivity contribution in [2.24, 2.45) is 0 Å². The Morgan fingerprint density at radius 3 is 2.00 bits per heavy atom. The van der Waals surface area contributed by atoms with Crippen molar-refractivity contribution >= 4 is 10.8 Å². The summed E-state index contributed by atoms with van der Waals surface area (Å²) >= 11 is 0. The summed E-state index contributed by atoms with van der Waals surface area (Å²) in [5, 5.41) is 1.22. The second-order valence-corrected chi connectivity index (χ2v) is 9.26. The summed E-state index contributed by atoms with van der Waals surface area (Å²) < 4.78 is 77.5. The summed E-state index contributed by atoms with van der Waals surface area (Å²) in [6.45, 7) is -2.46. The van der Waals surface area contributed by atoms with Gasteiger partial charge in [0.05, 0.1) is 0 Å². The normalized spacial score (nSPS) is 11.4. The minimum atomic E-state index is -3.10. The Kier molecular flexibility index (Phi) is 9.34. The summed E-state index contributed by atoms with van der Waals surface area (Å²) in [6.07, 6.45) is 3.42. The van der Waals surface area contributed by atoms with E-state index in [-0.39, 0.29) is 11.6 Å². The predicted molar refractivity (Wildman–Crippen MR) is 138 cm³/mol. The molecule has 0 saturated heterocycles. The SMILES string of the molecule is COCCCc1ccc(CCc2ccc3c(F)c(CCc4ccc(OC(F)F)c(F)c4)ccc3c2)c(F)c1. The van der Waals surface area contributed by atoms with E-state index in [1.165, 1.54) is 6.07 Å². The predicted octanol–water partition coefficient (Wildman–Crippen LogP) is 8.01. The third-order valence-corrected chi connectivity index (χ3v) is 6.61. The van der Waals surface area contributed by atoms with E-state index in [1.807, 2.05) is 30.3 Å². The fraction of sp³-hybridized carbons (Fsp3) is 0.290. The molecule has 0 aliphatic rings. The molecule has 4 rings (SSSR count). The van der Waals surface area contributed by atoms with Crippen molar-refractivity contribution in [3.8, 4) is 5.75 Å². The van der Waals surface area contributed by atoms with Gasteiger partial charge in [0.2, 0.25) is 0 Å². The summed E-state index contributed by atoms with van der Waals surface area (Å²) in [4.78, 5) is 0. The average molecular weight is 529 g/mol. The van der Waals surface area contributed by atoms with Gasteiger partial charge in [-0.3, -0.25) is 0 Å². The molecule has 4 aromatic rings. The lowest BCUT2D eigenvalue weighted by Gasteiger charge is -2.10. The molecule has 0 saturated carbocycles. The second kappa shape index (κ2) is 12.9. The highest BCUT2D eigenvalue weighted by molar-refractivity contribution is 5.84. The molecular weight excluding hydrogens is 499 g/mol. The zero-order valence-electron chi connectivity index (χ0n) is 21.1. The molecule has 0 bridgehead atoms. The Balaban J connectivity index is 1.39. The molecule has 0 spiro atoms. The standard InChI is InChI=1S/C31H29F5O2/c1-37-16-2-3-20-4-9-23(27(32)18-20)10-5-21-7-14-26-25(17-21)13-12-24(30(26)34)11-6-22-8-15-29(28(33)19-22)38-31(35)36/h4,7-9,12-15,17-19,31H,2-3,5-6,10-11,16H2,1H3. The zero-order chi connectivity index (χ0) is 27.1. The molecule has 0 fully saturated rings. The van der Waals surface area contributed by atoms with E-state index in [0.29, 0.717) is 54.4 Å². The summed E-state index contributed by atoms with van der Waals surface area (Å²) in [6, 6.07) is 18.2. The summed E-state index contributed by atoms with van der Waals surface area (Å²) in [5.41, 5.74) is 3.60. The van der Waals surface area contributed by atoms with Crippen molar-refractivity contribution in [1.29, 1.82) is 0 Å². The maximum atomic E-state index is 15.2. The fourth-order valence-corrected chi connectivity index (χ4v) is 4.55. The van der Waals surface area contributed by atoms with Gasteiger partial charge < -0.3 is 9.47 Å². The second-order valence-electron chi connectivity index (χ2n) is 9.26. The molecule has 0 aromatic heterocycles. The lowest BCUT2D eigenvalue weighted by atomic mass is 9.97. The van der Waals surface area contributed by atoms with Gasteiger partial charge in [0, 0.05) is 19.1 Å². The van der Waals surface area contributed by atoms with Crippen LogP contribution >= 0.6 is 0 Å². The largest absolute Gasteiger partial charge is 0.432 e. The Hall–Kier alpha value is -3.45. The molecule has 200 valence electrons. The lowest BCUT2D eigenvalue weighted by Crippen LogP contribution is -2.04. The van der Waals surface area contributed by atoms with Gasteiger partial charge in [-0.25, -0.2) is 13.2 Å². The molecular formula is C31H29F5O2. The van der Waals surface area contributed by atoms with E-state index in [4.69, 9.17) is 4.74 Å². The maximum absolute atomic E-state index is 15.2. The Morgan fingerprint density at radius 1 is 0.658 bits per heavy atom. The van der Waals surface area contributed by atoms with Crippen LogP contribution in [0.5, 0.6) is 5.75 Å². The highest BCUT2D eigenvalue weighted by Gasteiger charge is 2.13. The quantitative estimate of drug-likeness (QED) is 0.137. The van der Waals surface area contributed by atoms with Crippen LogP contribution in [0.4, 0.5) is 22.0 Å². The number of aryl methyl sites for hydroxylation is 5. The number of alkyl halides is 2. The third kappa shape index (κ3) is 7.10. The van der Waals surface area contributed by atoms with Crippen molar-refractivity contribution in [1.82, 2.24) is 0 Å². The first kappa shape index (κ1) is 27.6. The Morgan fingerprint density at radius 2 is 1.29 bits per heavy atom. The Bertz CT molecular complexity index is 1390. The first-order valence-corrected chi connectivity index (χ1v) is 12.5. The molecule has 4 aromatic carbocycles. The van der Waals surface area contributed by atoms with Crippen LogP contribution in [0.15, 0.2) is 66.7 Å². The zero-order valence-corrected chi connectivity index (χ0v) is 21.1. The van der Waals surface area contributed by atoms with Crippen LogP contribution < -0.4 is 4.74 Å². The van der Waals surface area contributed by atoms with Gasteiger partial charge in [0.25, 0.3) is 0 Å². The van der Waals surface area contributed by atoms with Crippen molar-refractivity contribution in [3.63, 3.8) is 0 Å². The number of halogens is 5. The number of hydrogen-bond donors (Lipinski definition) is 0. The molecule has 2 nitrogen and oxygen atoms in total. The van der Waals surface area contributed by atoms with E-state index in [1.54, 1.807) is 25.3 Å². The molecule has 0 N–H and O–H groups in total. The molecule has 0 atom stereocenters. The van der Waals surface area contributed by atoms with Gasteiger partial charge >= 0.3 is 6.61 Å². The number of hydrogen-bond acceptors (Lipinski definition) is 2. The van der Waals surface area contributed by atoms with Crippen LogP contribution in [0, 0.1) is 17.5 Å². The van der Waals surface area contributed by atoms with Crippen LogP contribution in [0.3, 0.4) is 0 Å². The fourth-order valence-electron chi connectivity index (χ4n) is 4.55.